The predicted molar refractivity (Wildman–Crippen MR) is 120 cm³/mol. The lowest BCUT2D eigenvalue weighted by Gasteiger charge is -2.35. The van der Waals surface area contributed by atoms with Gasteiger partial charge in [0.25, 0.3) is 0 Å². The van der Waals surface area contributed by atoms with Gasteiger partial charge >= 0.3 is 0 Å². The quantitative estimate of drug-likeness (QED) is 0.618. The van der Waals surface area contributed by atoms with Crippen LogP contribution in [0.25, 0.3) is 0 Å². The SMILES string of the molecule is Oc1ccc2c(c1)CCC(c1ccccc1)C2c1ccc(OC2CCNCC2)cc1. The van der Waals surface area contributed by atoms with Crippen LogP contribution in [0, 0.1) is 0 Å². The average Bonchev–Trinajstić information content (AvgIpc) is 2.80. The van der Waals surface area contributed by atoms with Crippen molar-refractivity contribution in [3.8, 4) is 11.5 Å². The Morgan fingerprint density at radius 2 is 1.57 bits per heavy atom. The summed E-state index contributed by atoms with van der Waals surface area (Å²) in [5, 5.41) is 13.4. The molecule has 2 atom stereocenters. The van der Waals surface area contributed by atoms with Crippen molar-refractivity contribution >= 4 is 0 Å². The highest BCUT2D eigenvalue weighted by atomic mass is 16.5. The molecule has 1 aliphatic carbocycles. The van der Waals surface area contributed by atoms with Crippen molar-refractivity contribution in [2.75, 3.05) is 13.1 Å². The number of phenols is 1. The Morgan fingerprint density at radius 1 is 0.800 bits per heavy atom. The highest BCUT2D eigenvalue weighted by Gasteiger charge is 2.32. The molecular formula is C27H29NO2. The smallest absolute Gasteiger partial charge is 0.119 e. The van der Waals surface area contributed by atoms with Crippen LogP contribution in [0.4, 0.5) is 0 Å². The molecule has 2 N–H and O–H groups in total. The van der Waals surface area contributed by atoms with Crippen LogP contribution >= 0.6 is 0 Å². The number of phenolic OH excluding ortho intramolecular Hbond substituents is 1. The molecule has 1 saturated heterocycles. The van der Waals surface area contributed by atoms with Gasteiger partial charge in [0.05, 0.1) is 0 Å². The first-order valence-electron chi connectivity index (χ1n) is 11.1. The Balaban J connectivity index is 1.47. The maximum absolute atomic E-state index is 10.00. The number of rotatable bonds is 4. The van der Waals surface area contributed by atoms with Gasteiger partial charge < -0.3 is 15.2 Å². The second-order valence-corrected chi connectivity index (χ2v) is 8.55. The molecule has 3 nitrogen and oxygen atoms in total. The second kappa shape index (κ2) is 8.53. The standard InChI is InChI=1S/C27H29NO2/c29-22-9-13-26-21(18-22)8-12-25(19-4-2-1-3-5-19)27(26)20-6-10-23(11-7-20)30-24-14-16-28-17-15-24/h1-7,9-11,13,18,24-25,27-29H,8,12,14-17H2. The summed E-state index contributed by atoms with van der Waals surface area (Å²) in [5.74, 6) is 2.03. The Morgan fingerprint density at radius 3 is 2.33 bits per heavy atom. The lowest BCUT2D eigenvalue weighted by molar-refractivity contribution is 0.162. The zero-order chi connectivity index (χ0) is 20.3. The monoisotopic (exact) mass is 399 g/mol. The van der Waals surface area contributed by atoms with Crippen molar-refractivity contribution in [1.82, 2.24) is 5.32 Å². The maximum atomic E-state index is 10.00. The number of aryl methyl sites for hydroxylation is 1. The van der Waals surface area contributed by atoms with Crippen LogP contribution in [-0.2, 0) is 6.42 Å². The van der Waals surface area contributed by atoms with E-state index in [0.717, 1.165) is 44.5 Å². The molecule has 1 heterocycles. The van der Waals surface area contributed by atoms with E-state index in [4.69, 9.17) is 4.74 Å². The van der Waals surface area contributed by atoms with Crippen molar-refractivity contribution in [3.05, 3.63) is 95.1 Å². The Bertz CT molecular complexity index is 978. The Labute approximate surface area is 178 Å². The van der Waals surface area contributed by atoms with Crippen LogP contribution in [0.2, 0.25) is 0 Å². The van der Waals surface area contributed by atoms with Crippen LogP contribution < -0.4 is 10.1 Å². The van der Waals surface area contributed by atoms with Gasteiger partial charge in [-0.15, -0.1) is 0 Å². The lowest BCUT2D eigenvalue weighted by Crippen LogP contribution is -2.34. The van der Waals surface area contributed by atoms with Gasteiger partial charge in [-0.05, 0) is 91.2 Å². The minimum atomic E-state index is 0.282. The van der Waals surface area contributed by atoms with Crippen molar-refractivity contribution in [3.63, 3.8) is 0 Å². The Hall–Kier alpha value is -2.78. The van der Waals surface area contributed by atoms with Gasteiger partial charge in [-0.1, -0.05) is 48.5 Å². The molecule has 0 spiro atoms. The fourth-order valence-electron chi connectivity index (χ4n) is 5.14. The van der Waals surface area contributed by atoms with E-state index in [2.05, 4.69) is 66.0 Å². The van der Waals surface area contributed by atoms with Gasteiger partial charge in [0.2, 0.25) is 0 Å². The number of ether oxygens (including phenoxy) is 1. The van der Waals surface area contributed by atoms with E-state index >= 15 is 0 Å². The van der Waals surface area contributed by atoms with Gasteiger partial charge in [0.1, 0.15) is 17.6 Å². The summed E-state index contributed by atoms with van der Waals surface area (Å²) in [7, 11) is 0. The summed E-state index contributed by atoms with van der Waals surface area (Å²) in [6, 6.07) is 25.5. The van der Waals surface area contributed by atoms with E-state index in [0.29, 0.717) is 17.8 Å². The van der Waals surface area contributed by atoms with Crippen molar-refractivity contribution in [1.29, 1.82) is 0 Å². The van der Waals surface area contributed by atoms with Crippen molar-refractivity contribution < 1.29 is 9.84 Å². The zero-order valence-electron chi connectivity index (χ0n) is 17.3. The summed E-state index contributed by atoms with van der Waals surface area (Å²) in [6.07, 6.45) is 4.52. The Kier molecular flexibility index (Phi) is 5.46. The van der Waals surface area contributed by atoms with Gasteiger partial charge in [0, 0.05) is 5.92 Å². The number of hydrogen-bond donors (Lipinski definition) is 2. The fraction of sp³-hybridized carbons (Fsp3) is 0.333. The minimum Gasteiger partial charge on any atom is -0.508 e. The molecule has 2 unspecified atom stereocenters. The predicted octanol–water partition coefficient (Wildman–Crippen LogP) is 5.38. The first kappa shape index (κ1) is 19.2. The molecule has 0 saturated carbocycles. The number of benzene rings is 3. The first-order chi connectivity index (χ1) is 14.8. The lowest BCUT2D eigenvalue weighted by atomic mass is 9.69. The molecule has 0 aromatic heterocycles. The van der Waals surface area contributed by atoms with E-state index in [1.807, 2.05) is 12.1 Å². The summed E-state index contributed by atoms with van der Waals surface area (Å²) < 4.78 is 6.22. The van der Waals surface area contributed by atoms with Gasteiger partial charge in [0.15, 0.2) is 0 Å². The third kappa shape index (κ3) is 3.95. The first-order valence-corrected chi connectivity index (χ1v) is 11.1. The summed E-state index contributed by atoms with van der Waals surface area (Å²) in [5.41, 5.74) is 5.30. The van der Waals surface area contributed by atoms with Gasteiger partial charge in [-0.2, -0.15) is 0 Å². The molecule has 0 amide bonds. The van der Waals surface area contributed by atoms with E-state index in [9.17, 15) is 5.11 Å². The average molecular weight is 400 g/mol. The molecule has 30 heavy (non-hydrogen) atoms. The van der Waals surface area contributed by atoms with Crippen LogP contribution in [0.1, 0.15) is 53.4 Å². The van der Waals surface area contributed by atoms with Crippen LogP contribution in [-0.4, -0.2) is 24.3 Å². The van der Waals surface area contributed by atoms with Crippen LogP contribution in [0.5, 0.6) is 11.5 Å². The highest BCUT2D eigenvalue weighted by Crippen LogP contribution is 2.47. The van der Waals surface area contributed by atoms with Crippen molar-refractivity contribution in [2.45, 2.75) is 43.6 Å². The molecule has 0 bridgehead atoms. The highest BCUT2D eigenvalue weighted by molar-refractivity contribution is 5.48. The largest absolute Gasteiger partial charge is 0.508 e. The summed E-state index contributed by atoms with van der Waals surface area (Å²) in [6.45, 7) is 2.07. The molecule has 2 aliphatic rings. The third-order valence-corrected chi connectivity index (χ3v) is 6.64. The zero-order valence-corrected chi connectivity index (χ0v) is 17.3. The molecule has 154 valence electrons. The second-order valence-electron chi connectivity index (χ2n) is 8.55. The molecule has 5 rings (SSSR count). The molecule has 1 fully saturated rings. The van der Waals surface area contributed by atoms with E-state index < -0.39 is 0 Å². The summed E-state index contributed by atoms with van der Waals surface area (Å²) in [4.78, 5) is 0. The summed E-state index contributed by atoms with van der Waals surface area (Å²) >= 11 is 0. The minimum absolute atomic E-state index is 0.282. The van der Waals surface area contributed by atoms with E-state index in [1.165, 1.54) is 22.3 Å². The van der Waals surface area contributed by atoms with Gasteiger partial charge in [-0.25, -0.2) is 0 Å². The van der Waals surface area contributed by atoms with E-state index in [-0.39, 0.29) is 5.92 Å². The van der Waals surface area contributed by atoms with Gasteiger partial charge in [-0.3, -0.25) is 0 Å². The normalized spacial score (nSPS) is 21.7. The van der Waals surface area contributed by atoms with Crippen LogP contribution in [0.3, 0.4) is 0 Å². The van der Waals surface area contributed by atoms with Crippen molar-refractivity contribution in [2.24, 2.45) is 0 Å². The topological polar surface area (TPSA) is 41.5 Å². The van der Waals surface area contributed by atoms with E-state index in [1.54, 1.807) is 0 Å². The van der Waals surface area contributed by atoms with Crippen LogP contribution in [0.15, 0.2) is 72.8 Å². The molecule has 3 aromatic rings. The molecule has 0 radical (unpaired) electrons. The fourth-order valence-corrected chi connectivity index (χ4v) is 5.14. The molecule has 3 heteroatoms. The molecular weight excluding hydrogens is 370 g/mol. The number of hydrogen-bond acceptors (Lipinski definition) is 3. The number of fused-ring (bicyclic) bond motifs is 1. The number of nitrogens with one attached hydrogen (secondary N) is 1. The molecule has 3 aromatic carbocycles. The number of piperidine rings is 1. The number of aromatic hydroxyl groups is 1. The molecule has 1 aliphatic heterocycles. The third-order valence-electron chi connectivity index (χ3n) is 6.64. The maximum Gasteiger partial charge on any atom is 0.119 e.